The van der Waals surface area contributed by atoms with Gasteiger partial charge in [0.1, 0.15) is 5.75 Å². The molecule has 0 radical (unpaired) electrons. The van der Waals surface area contributed by atoms with Gasteiger partial charge in [0.05, 0.1) is 22.4 Å². The lowest BCUT2D eigenvalue weighted by Gasteiger charge is -2.15. The van der Waals surface area contributed by atoms with Gasteiger partial charge in [-0.15, -0.1) is 0 Å². The van der Waals surface area contributed by atoms with Gasteiger partial charge in [0.15, 0.2) is 5.11 Å². The van der Waals surface area contributed by atoms with E-state index in [1.807, 2.05) is 20.8 Å². The summed E-state index contributed by atoms with van der Waals surface area (Å²) >= 11 is 11.5. The SMILES string of the molecule is CCCC(=O)Nc1ccc(Cl)c(NC(=S)NC(=O)c2ccccc2OC(C)C)c1. The van der Waals surface area contributed by atoms with Gasteiger partial charge in [-0.1, -0.05) is 30.7 Å². The number of hydrogen-bond donors (Lipinski definition) is 3. The largest absolute Gasteiger partial charge is 0.490 e. The molecule has 0 unspecified atom stereocenters. The van der Waals surface area contributed by atoms with Crippen molar-refractivity contribution in [1.82, 2.24) is 5.32 Å². The fraction of sp³-hybridized carbons (Fsp3) is 0.286. The molecule has 0 spiro atoms. The molecule has 6 nitrogen and oxygen atoms in total. The van der Waals surface area contributed by atoms with Crippen LogP contribution in [0.2, 0.25) is 5.02 Å². The summed E-state index contributed by atoms with van der Waals surface area (Å²) in [5.74, 6) is -0.0119. The Kier molecular flexibility index (Phi) is 8.42. The molecule has 0 fully saturated rings. The second-order valence-corrected chi connectivity index (χ2v) is 7.38. The zero-order chi connectivity index (χ0) is 21.4. The molecule has 3 N–H and O–H groups in total. The van der Waals surface area contributed by atoms with Crippen molar-refractivity contribution in [1.29, 1.82) is 0 Å². The van der Waals surface area contributed by atoms with Gasteiger partial charge in [-0.05, 0) is 62.8 Å². The van der Waals surface area contributed by atoms with Gasteiger partial charge < -0.3 is 15.4 Å². The maximum Gasteiger partial charge on any atom is 0.261 e. The normalized spacial score (nSPS) is 10.4. The molecule has 0 aliphatic rings. The Morgan fingerprint density at radius 3 is 2.55 bits per heavy atom. The predicted octanol–water partition coefficient (Wildman–Crippen LogP) is 4.99. The standard InChI is InChI=1S/C21H24ClN3O3S/c1-4-7-19(26)23-14-10-11-16(22)17(12-14)24-21(29)25-20(27)15-8-5-6-9-18(15)28-13(2)3/h5-6,8-13H,4,7H2,1-3H3,(H,23,26)(H2,24,25,27,29). The first-order chi connectivity index (χ1) is 13.8. The van der Waals surface area contributed by atoms with Crippen LogP contribution >= 0.6 is 23.8 Å². The first-order valence-electron chi connectivity index (χ1n) is 9.27. The topological polar surface area (TPSA) is 79.5 Å². The number of nitrogens with one attached hydrogen (secondary N) is 3. The molecule has 0 aliphatic carbocycles. The van der Waals surface area contributed by atoms with Crippen LogP contribution in [0.1, 0.15) is 44.0 Å². The maximum atomic E-state index is 12.6. The van der Waals surface area contributed by atoms with Crippen molar-refractivity contribution in [3.8, 4) is 5.75 Å². The molecule has 2 aromatic carbocycles. The minimum Gasteiger partial charge on any atom is -0.490 e. The second kappa shape index (κ2) is 10.8. The Morgan fingerprint density at radius 1 is 1.14 bits per heavy atom. The van der Waals surface area contributed by atoms with E-state index >= 15 is 0 Å². The molecule has 0 saturated carbocycles. The number of hydrogen-bond acceptors (Lipinski definition) is 4. The molecule has 0 aliphatic heterocycles. The Bertz CT molecular complexity index is 902. The Labute approximate surface area is 181 Å². The van der Waals surface area contributed by atoms with Crippen molar-refractivity contribution in [2.24, 2.45) is 0 Å². The highest BCUT2D eigenvalue weighted by atomic mass is 35.5. The predicted molar refractivity (Wildman–Crippen MR) is 121 cm³/mol. The van der Waals surface area contributed by atoms with E-state index in [9.17, 15) is 9.59 Å². The van der Waals surface area contributed by atoms with Crippen LogP contribution in [-0.2, 0) is 4.79 Å². The number of carbonyl (C=O) groups excluding carboxylic acids is 2. The van der Waals surface area contributed by atoms with Gasteiger partial charge in [-0.3, -0.25) is 14.9 Å². The van der Waals surface area contributed by atoms with Crippen LogP contribution < -0.4 is 20.7 Å². The molecular formula is C21H24ClN3O3S. The quantitative estimate of drug-likeness (QED) is 0.536. The summed E-state index contributed by atoms with van der Waals surface area (Å²) in [6.07, 6.45) is 1.11. The molecule has 154 valence electrons. The second-order valence-electron chi connectivity index (χ2n) is 6.56. The van der Waals surface area contributed by atoms with Gasteiger partial charge in [-0.25, -0.2) is 0 Å². The minimum atomic E-state index is -0.401. The summed E-state index contributed by atoms with van der Waals surface area (Å²) in [5.41, 5.74) is 1.43. The highest BCUT2D eigenvalue weighted by molar-refractivity contribution is 7.80. The van der Waals surface area contributed by atoms with Crippen LogP contribution in [0.25, 0.3) is 0 Å². The van der Waals surface area contributed by atoms with E-state index in [0.29, 0.717) is 34.1 Å². The highest BCUT2D eigenvalue weighted by Gasteiger charge is 2.15. The van der Waals surface area contributed by atoms with Crippen LogP contribution in [0.5, 0.6) is 5.75 Å². The van der Waals surface area contributed by atoms with Gasteiger partial charge in [0, 0.05) is 12.1 Å². The number of thiocarbonyl (C=S) groups is 1. The van der Waals surface area contributed by atoms with Gasteiger partial charge in [0.2, 0.25) is 5.91 Å². The number of para-hydroxylation sites is 1. The zero-order valence-electron chi connectivity index (χ0n) is 16.5. The summed E-state index contributed by atoms with van der Waals surface area (Å²) < 4.78 is 5.67. The third kappa shape index (κ3) is 7.03. The number of carbonyl (C=O) groups is 2. The van der Waals surface area contributed by atoms with Crippen molar-refractivity contribution >= 4 is 52.1 Å². The first-order valence-corrected chi connectivity index (χ1v) is 10.1. The van der Waals surface area contributed by atoms with Crippen molar-refractivity contribution in [2.45, 2.75) is 39.7 Å². The van der Waals surface area contributed by atoms with E-state index in [4.69, 9.17) is 28.6 Å². The van der Waals surface area contributed by atoms with E-state index in [1.165, 1.54) is 0 Å². The Hall–Kier alpha value is -2.64. The first kappa shape index (κ1) is 22.6. The number of rotatable bonds is 7. The van der Waals surface area contributed by atoms with Gasteiger partial charge in [0.25, 0.3) is 5.91 Å². The van der Waals surface area contributed by atoms with Crippen LogP contribution in [0.4, 0.5) is 11.4 Å². The Morgan fingerprint density at radius 2 is 1.86 bits per heavy atom. The molecular weight excluding hydrogens is 410 g/mol. The minimum absolute atomic E-state index is 0.0708. The van der Waals surface area contributed by atoms with E-state index in [1.54, 1.807) is 42.5 Å². The summed E-state index contributed by atoms with van der Waals surface area (Å²) in [7, 11) is 0. The fourth-order valence-electron chi connectivity index (χ4n) is 2.48. The number of benzene rings is 2. The Balaban J connectivity index is 2.07. The van der Waals surface area contributed by atoms with Gasteiger partial charge in [-0.2, -0.15) is 0 Å². The van der Waals surface area contributed by atoms with Crippen LogP contribution in [0.3, 0.4) is 0 Å². The van der Waals surface area contributed by atoms with E-state index < -0.39 is 5.91 Å². The summed E-state index contributed by atoms with van der Waals surface area (Å²) in [4.78, 5) is 24.4. The molecule has 2 aromatic rings. The van der Waals surface area contributed by atoms with Crippen LogP contribution in [-0.4, -0.2) is 23.0 Å². The molecule has 0 saturated heterocycles. The lowest BCUT2D eigenvalue weighted by Crippen LogP contribution is -2.34. The lowest BCUT2D eigenvalue weighted by molar-refractivity contribution is -0.116. The molecule has 2 rings (SSSR count). The molecule has 0 heterocycles. The van der Waals surface area contributed by atoms with Crippen molar-refractivity contribution < 1.29 is 14.3 Å². The molecule has 29 heavy (non-hydrogen) atoms. The van der Waals surface area contributed by atoms with Crippen molar-refractivity contribution in [3.05, 3.63) is 53.1 Å². The molecule has 0 atom stereocenters. The summed E-state index contributed by atoms with van der Waals surface area (Å²) in [6.45, 7) is 5.70. The van der Waals surface area contributed by atoms with Crippen molar-refractivity contribution in [3.63, 3.8) is 0 Å². The monoisotopic (exact) mass is 433 g/mol. The van der Waals surface area contributed by atoms with E-state index in [2.05, 4.69) is 16.0 Å². The van der Waals surface area contributed by atoms with Crippen LogP contribution in [0.15, 0.2) is 42.5 Å². The molecule has 8 heteroatoms. The van der Waals surface area contributed by atoms with Gasteiger partial charge >= 0.3 is 0 Å². The smallest absolute Gasteiger partial charge is 0.261 e. The number of halogens is 1. The summed E-state index contributed by atoms with van der Waals surface area (Å²) in [6, 6.07) is 11.9. The maximum absolute atomic E-state index is 12.6. The molecule has 0 aromatic heterocycles. The average Bonchev–Trinajstić information content (AvgIpc) is 2.64. The number of ether oxygens (including phenoxy) is 1. The fourth-order valence-corrected chi connectivity index (χ4v) is 2.85. The third-order valence-electron chi connectivity index (χ3n) is 3.70. The van der Waals surface area contributed by atoms with Crippen molar-refractivity contribution in [2.75, 3.05) is 10.6 Å². The average molecular weight is 434 g/mol. The van der Waals surface area contributed by atoms with E-state index in [0.717, 1.165) is 6.42 Å². The van der Waals surface area contributed by atoms with E-state index in [-0.39, 0.29) is 17.1 Å². The molecule has 2 amide bonds. The number of anilines is 2. The molecule has 0 bridgehead atoms. The zero-order valence-corrected chi connectivity index (χ0v) is 18.1. The lowest BCUT2D eigenvalue weighted by atomic mass is 10.2. The van der Waals surface area contributed by atoms with Crippen LogP contribution in [0, 0.1) is 0 Å². The third-order valence-corrected chi connectivity index (χ3v) is 4.23. The number of amides is 2. The summed E-state index contributed by atoms with van der Waals surface area (Å²) in [5, 5.41) is 8.78. The highest BCUT2D eigenvalue weighted by Crippen LogP contribution is 2.26.